The number of halogens is 5. The summed E-state index contributed by atoms with van der Waals surface area (Å²) < 4.78 is 44.5. The molecule has 0 N–H and O–H groups in total. The molecule has 0 rings (SSSR count). The van der Waals surface area contributed by atoms with Gasteiger partial charge >= 0.3 is 0 Å². The number of alkyl halides is 1. The number of hydrogen-bond acceptors (Lipinski definition) is 2. The lowest BCUT2D eigenvalue weighted by Gasteiger charge is -2.25. The Hall–Kier alpha value is 0.120. The van der Waals surface area contributed by atoms with E-state index in [4.69, 9.17) is 0 Å². The second kappa shape index (κ2) is 4.22. The van der Waals surface area contributed by atoms with Crippen LogP contribution in [-0.4, -0.2) is 15.3 Å². The topological polar surface area (TPSA) is 6.48 Å². The third-order valence-electron chi connectivity index (χ3n) is 1.09. The predicted molar refractivity (Wildman–Crippen MR) is 34.7 cm³/mol. The van der Waals surface area contributed by atoms with Gasteiger partial charge in [-0.3, -0.25) is 0 Å². The quantitative estimate of drug-likeness (QED) is 0.244. The molecule has 0 heterocycles. The number of rotatable bonds is 4. The lowest BCUT2D eigenvalue weighted by molar-refractivity contribution is -0.332. The van der Waals surface area contributed by atoms with Crippen molar-refractivity contribution in [2.75, 3.05) is 0 Å². The molecule has 0 aromatic rings. The zero-order valence-corrected chi connectivity index (χ0v) is 7.28. The Morgan fingerprint density at radius 1 is 1.18 bits per heavy atom. The van der Waals surface area contributed by atoms with Crippen LogP contribution in [0.1, 0.15) is 19.8 Å². The highest BCUT2D eigenvalue weighted by atomic mass is 79.9. The van der Waals surface area contributed by atoms with Crippen LogP contribution in [0.25, 0.3) is 0 Å². The van der Waals surface area contributed by atoms with E-state index in [1.54, 1.807) is 0 Å². The number of hydrogen-bond donors (Lipinski definition) is 0. The van der Waals surface area contributed by atoms with Crippen molar-refractivity contribution in [2.24, 2.45) is 0 Å². The molecule has 0 aliphatic rings. The molecule has 0 aliphatic carbocycles. The smallest absolute Gasteiger partial charge is 0.0984 e. The van der Waals surface area contributed by atoms with Crippen LogP contribution in [0.4, 0.5) is 17.9 Å². The minimum Gasteiger partial charge on any atom is -0.0984 e. The Kier molecular flexibility index (Phi) is 4.27. The van der Waals surface area contributed by atoms with E-state index in [1.165, 1.54) is 6.92 Å². The van der Waals surface area contributed by atoms with Crippen molar-refractivity contribution in [2.45, 2.75) is 24.3 Å². The lowest BCUT2D eigenvalue weighted by atomic mass is 10.3. The van der Waals surface area contributed by atoms with Gasteiger partial charge in [-0.05, 0) is 22.4 Å². The molecule has 0 spiro atoms. The third kappa shape index (κ3) is 2.57. The van der Waals surface area contributed by atoms with Gasteiger partial charge in [0.2, 0.25) is 4.57 Å². The van der Waals surface area contributed by atoms with Gasteiger partial charge in [0, 0.05) is 0 Å². The van der Waals surface area contributed by atoms with Gasteiger partial charge in [0.05, 0.1) is 10.7 Å². The maximum Gasteiger partial charge on any atom is 0.249 e. The van der Waals surface area contributed by atoms with Crippen LogP contribution in [0.5, 0.6) is 0 Å². The minimum absolute atomic E-state index is 0.222. The minimum atomic E-state index is -2.64. The van der Waals surface area contributed by atoms with Gasteiger partial charge in [0.15, 0.2) is 0 Å². The fourth-order valence-electron chi connectivity index (χ4n) is 0.544. The highest BCUT2D eigenvalue weighted by Gasteiger charge is 2.44. The summed E-state index contributed by atoms with van der Waals surface area (Å²) >= 11 is 2.23. The lowest BCUT2D eigenvalue weighted by Crippen LogP contribution is -2.42. The zero-order chi connectivity index (χ0) is 9.07. The molecule has 0 aliphatic heterocycles. The predicted octanol–water partition coefficient (Wildman–Crippen LogP) is 2.98. The van der Waals surface area contributed by atoms with Crippen molar-refractivity contribution < 1.29 is 17.9 Å². The highest BCUT2D eigenvalue weighted by Crippen LogP contribution is 2.34. The fourth-order valence-corrected chi connectivity index (χ4v) is 0.941. The molecule has 0 atom stereocenters. The standard InChI is InChI=1S/C4H7BrF4N2/c1-2-3-4(5,10(6)7)11(8)9/h2-3H2,1H3. The van der Waals surface area contributed by atoms with Crippen LogP contribution in [0.2, 0.25) is 0 Å². The summed E-state index contributed by atoms with van der Waals surface area (Å²) in [5.41, 5.74) is 0. The van der Waals surface area contributed by atoms with E-state index in [-0.39, 0.29) is 12.8 Å². The van der Waals surface area contributed by atoms with E-state index in [0.717, 1.165) is 0 Å². The van der Waals surface area contributed by atoms with Crippen molar-refractivity contribution in [3.63, 3.8) is 0 Å². The first-order chi connectivity index (χ1) is 4.95. The molecule has 0 fully saturated rings. The summed E-state index contributed by atoms with van der Waals surface area (Å²) in [5, 5.41) is -3.12. The Morgan fingerprint density at radius 2 is 1.55 bits per heavy atom. The molecule has 68 valence electrons. The van der Waals surface area contributed by atoms with Crippen molar-refractivity contribution >= 4 is 15.9 Å². The van der Waals surface area contributed by atoms with E-state index in [2.05, 4.69) is 15.9 Å². The van der Waals surface area contributed by atoms with Crippen LogP contribution in [0.3, 0.4) is 0 Å². The Bertz CT molecular complexity index is 113. The molecule has 0 amide bonds. The van der Waals surface area contributed by atoms with Gasteiger partial charge in [0.25, 0.3) is 0 Å². The highest BCUT2D eigenvalue weighted by molar-refractivity contribution is 9.10. The van der Waals surface area contributed by atoms with Crippen molar-refractivity contribution in [1.29, 1.82) is 0 Å². The maximum atomic E-state index is 11.8. The molecule has 0 radical (unpaired) electrons. The summed E-state index contributed by atoms with van der Waals surface area (Å²) in [4.78, 5) is 0. The normalized spacial score (nSPS) is 13.1. The summed E-state index contributed by atoms with van der Waals surface area (Å²) in [6.07, 6.45) is -0.146. The van der Waals surface area contributed by atoms with Crippen molar-refractivity contribution in [1.82, 2.24) is 10.7 Å². The van der Waals surface area contributed by atoms with E-state index in [9.17, 15) is 17.9 Å². The average molecular weight is 239 g/mol. The maximum absolute atomic E-state index is 11.8. The summed E-state index contributed by atoms with van der Waals surface area (Å²) in [5.74, 6) is 0. The molecule has 11 heavy (non-hydrogen) atoms. The Morgan fingerprint density at radius 3 is 1.64 bits per heavy atom. The van der Waals surface area contributed by atoms with Gasteiger partial charge in [-0.2, -0.15) is 0 Å². The molecule has 0 aromatic heterocycles. The van der Waals surface area contributed by atoms with Crippen LogP contribution in [0.15, 0.2) is 0 Å². The van der Waals surface area contributed by atoms with Gasteiger partial charge in [-0.25, -0.2) is 0 Å². The van der Waals surface area contributed by atoms with Crippen LogP contribution in [-0.2, 0) is 0 Å². The Balaban J connectivity index is 4.26. The van der Waals surface area contributed by atoms with Gasteiger partial charge in [0.1, 0.15) is 0 Å². The van der Waals surface area contributed by atoms with Gasteiger partial charge in [-0.15, -0.1) is 0 Å². The molecular weight excluding hydrogens is 232 g/mol. The summed E-state index contributed by atoms with van der Waals surface area (Å²) in [7, 11) is 0. The Labute approximate surface area is 69.6 Å². The second-order valence-corrected chi connectivity index (χ2v) is 3.20. The molecular formula is C4H7BrF4N2. The van der Waals surface area contributed by atoms with Crippen molar-refractivity contribution in [3.05, 3.63) is 0 Å². The van der Waals surface area contributed by atoms with E-state index < -0.39 is 15.3 Å². The summed E-state index contributed by atoms with van der Waals surface area (Å²) in [6, 6.07) is 0. The van der Waals surface area contributed by atoms with Gasteiger partial charge < -0.3 is 0 Å². The first-order valence-corrected chi connectivity index (χ1v) is 3.67. The number of nitrogens with zero attached hydrogens (tertiary/aromatic N) is 2. The van der Waals surface area contributed by atoms with E-state index in [1.807, 2.05) is 0 Å². The largest absolute Gasteiger partial charge is 0.249 e. The first-order valence-electron chi connectivity index (χ1n) is 2.87. The van der Waals surface area contributed by atoms with Crippen LogP contribution in [0, 0.1) is 0 Å². The zero-order valence-electron chi connectivity index (χ0n) is 5.70. The molecule has 0 aromatic carbocycles. The van der Waals surface area contributed by atoms with Crippen LogP contribution >= 0.6 is 15.9 Å². The SMILES string of the molecule is CCCC(Br)(N(F)F)N(F)F. The molecule has 0 saturated heterocycles. The molecule has 0 saturated carbocycles. The molecule has 0 bridgehead atoms. The second-order valence-electron chi connectivity index (χ2n) is 1.93. The fraction of sp³-hybridized carbons (Fsp3) is 1.00. The van der Waals surface area contributed by atoms with Gasteiger partial charge in [-0.1, -0.05) is 31.3 Å². The monoisotopic (exact) mass is 238 g/mol. The first kappa shape index (κ1) is 11.1. The van der Waals surface area contributed by atoms with Crippen LogP contribution < -0.4 is 0 Å². The van der Waals surface area contributed by atoms with E-state index >= 15 is 0 Å². The average Bonchev–Trinajstić information content (AvgIpc) is 1.87. The van der Waals surface area contributed by atoms with Crippen molar-refractivity contribution in [3.8, 4) is 0 Å². The molecule has 7 heteroatoms. The summed E-state index contributed by atoms with van der Waals surface area (Å²) in [6.45, 7) is 1.53. The molecule has 0 unspecified atom stereocenters. The van der Waals surface area contributed by atoms with E-state index in [0.29, 0.717) is 0 Å². The molecule has 2 nitrogen and oxygen atoms in total. The third-order valence-corrected chi connectivity index (χ3v) is 2.02.